The van der Waals surface area contributed by atoms with Crippen LogP contribution in [0.4, 0.5) is 5.69 Å². The van der Waals surface area contributed by atoms with Crippen molar-refractivity contribution in [3.05, 3.63) is 27.7 Å². The van der Waals surface area contributed by atoms with Crippen LogP contribution in [0.1, 0.15) is 27.7 Å². The highest BCUT2D eigenvalue weighted by atomic mass is 79.9. The van der Waals surface area contributed by atoms with Gasteiger partial charge in [-0.1, -0.05) is 32.4 Å². The zero-order valence-electron chi connectivity index (χ0n) is 12.0. The van der Waals surface area contributed by atoms with E-state index in [1.807, 2.05) is 12.1 Å². The minimum Gasteiger partial charge on any atom is -0.366 e. The van der Waals surface area contributed by atoms with Gasteiger partial charge in [-0.15, -0.1) is 0 Å². The normalized spacial score (nSPS) is 24.6. The summed E-state index contributed by atoms with van der Waals surface area (Å²) in [4.78, 5) is 2.45. The van der Waals surface area contributed by atoms with Gasteiger partial charge in [0.15, 0.2) is 0 Å². The van der Waals surface area contributed by atoms with Crippen LogP contribution in [0.15, 0.2) is 22.7 Å². The number of piperazine rings is 1. The predicted molar refractivity (Wildman–Crippen MR) is 87.2 cm³/mol. The molecule has 1 fully saturated rings. The van der Waals surface area contributed by atoms with E-state index >= 15 is 0 Å². The van der Waals surface area contributed by atoms with E-state index in [9.17, 15) is 0 Å². The first-order valence-electron chi connectivity index (χ1n) is 6.74. The lowest BCUT2D eigenvalue weighted by molar-refractivity contribution is 0.239. The van der Waals surface area contributed by atoms with Crippen molar-refractivity contribution in [1.82, 2.24) is 5.32 Å². The van der Waals surface area contributed by atoms with Crippen LogP contribution >= 0.6 is 27.5 Å². The number of rotatable bonds is 1. The number of halogens is 2. The van der Waals surface area contributed by atoms with E-state index in [2.05, 4.69) is 59.9 Å². The van der Waals surface area contributed by atoms with Crippen LogP contribution in [0.25, 0.3) is 0 Å². The molecule has 1 aliphatic heterocycles. The van der Waals surface area contributed by atoms with E-state index < -0.39 is 0 Å². The van der Waals surface area contributed by atoms with E-state index in [0.29, 0.717) is 12.1 Å². The van der Waals surface area contributed by atoms with Gasteiger partial charge in [-0.3, -0.25) is 0 Å². The number of anilines is 1. The molecule has 4 heteroatoms. The molecule has 0 saturated carbocycles. The molecule has 0 spiro atoms. The zero-order chi connectivity index (χ0) is 14.2. The van der Waals surface area contributed by atoms with Crippen molar-refractivity contribution in [2.75, 3.05) is 18.0 Å². The maximum atomic E-state index is 6.22. The largest absolute Gasteiger partial charge is 0.366 e. The van der Waals surface area contributed by atoms with Crippen molar-refractivity contribution in [2.45, 2.75) is 39.8 Å². The van der Waals surface area contributed by atoms with Crippen LogP contribution in [0.3, 0.4) is 0 Å². The van der Waals surface area contributed by atoms with Crippen LogP contribution in [0.2, 0.25) is 5.02 Å². The first-order chi connectivity index (χ1) is 8.79. The fraction of sp³-hybridized carbons (Fsp3) is 0.600. The Labute approximate surface area is 129 Å². The Morgan fingerprint density at radius 1 is 1.37 bits per heavy atom. The van der Waals surface area contributed by atoms with E-state index in [0.717, 1.165) is 22.6 Å². The Morgan fingerprint density at radius 2 is 2.05 bits per heavy atom. The Bertz CT molecular complexity index is 456. The van der Waals surface area contributed by atoms with Crippen molar-refractivity contribution in [3.63, 3.8) is 0 Å². The highest BCUT2D eigenvalue weighted by molar-refractivity contribution is 9.10. The van der Waals surface area contributed by atoms with E-state index in [4.69, 9.17) is 11.6 Å². The smallest absolute Gasteiger partial charge is 0.0568 e. The quantitative estimate of drug-likeness (QED) is 0.815. The van der Waals surface area contributed by atoms with Gasteiger partial charge in [0.2, 0.25) is 0 Å². The second kappa shape index (κ2) is 5.63. The van der Waals surface area contributed by atoms with Gasteiger partial charge in [-0.05, 0) is 46.5 Å². The van der Waals surface area contributed by atoms with Crippen molar-refractivity contribution in [1.29, 1.82) is 0 Å². The summed E-state index contributed by atoms with van der Waals surface area (Å²) in [5.74, 6) is 0. The molecule has 2 nitrogen and oxygen atoms in total. The standard InChI is InChI=1S/C15H22BrClN2/c1-10-8-18-14(15(2,3)4)9-19(10)11-5-6-12(16)13(17)7-11/h5-7,10,14,18H,8-9H2,1-4H3. The molecular weight excluding hydrogens is 324 g/mol. The number of nitrogens with one attached hydrogen (secondary N) is 1. The zero-order valence-corrected chi connectivity index (χ0v) is 14.3. The van der Waals surface area contributed by atoms with Crippen LogP contribution in [-0.4, -0.2) is 25.2 Å². The maximum absolute atomic E-state index is 6.22. The summed E-state index contributed by atoms with van der Waals surface area (Å²) in [5, 5.41) is 4.42. The summed E-state index contributed by atoms with van der Waals surface area (Å²) < 4.78 is 0.952. The van der Waals surface area contributed by atoms with Gasteiger partial charge in [0.25, 0.3) is 0 Å². The summed E-state index contributed by atoms with van der Waals surface area (Å²) in [7, 11) is 0. The molecule has 0 amide bonds. The topological polar surface area (TPSA) is 15.3 Å². The van der Waals surface area contributed by atoms with Gasteiger partial charge in [0, 0.05) is 35.3 Å². The third kappa shape index (κ3) is 3.45. The van der Waals surface area contributed by atoms with Crippen LogP contribution in [0, 0.1) is 5.41 Å². The molecule has 2 rings (SSSR count). The molecule has 1 aromatic carbocycles. The SMILES string of the molecule is CC1CNC(C(C)(C)C)CN1c1ccc(Br)c(Cl)c1. The first-order valence-corrected chi connectivity index (χ1v) is 7.91. The molecule has 2 unspecified atom stereocenters. The molecule has 1 N–H and O–H groups in total. The molecule has 0 radical (unpaired) electrons. The highest BCUT2D eigenvalue weighted by Gasteiger charge is 2.32. The van der Waals surface area contributed by atoms with Gasteiger partial charge in [0.1, 0.15) is 0 Å². The summed E-state index contributed by atoms with van der Waals surface area (Å²) >= 11 is 9.67. The van der Waals surface area contributed by atoms with Crippen molar-refractivity contribution in [3.8, 4) is 0 Å². The molecule has 0 bridgehead atoms. The molecule has 1 heterocycles. The number of hydrogen-bond donors (Lipinski definition) is 1. The summed E-state index contributed by atoms with van der Waals surface area (Å²) in [6.45, 7) is 11.1. The third-order valence-corrected chi connectivity index (χ3v) is 5.08. The average molecular weight is 346 g/mol. The van der Waals surface area contributed by atoms with Crippen LogP contribution in [0.5, 0.6) is 0 Å². The van der Waals surface area contributed by atoms with Gasteiger partial charge in [-0.2, -0.15) is 0 Å². The Kier molecular flexibility index (Phi) is 4.49. The van der Waals surface area contributed by atoms with E-state index in [1.165, 1.54) is 5.69 Å². The molecule has 1 aromatic rings. The Morgan fingerprint density at radius 3 is 2.63 bits per heavy atom. The highest BCUT2D eigenvalue weighted by Crippen LogP contribution is 2.31. The van der Waals surface area contributed by atoms with Gasteiger partial charge >= 0.3 is 0 Å². The predicted octanol–water partition coefficient (Wildman–Crippen LogP) is 4.32. The minimum atomic E-state index is 0.261. The lowest BCUT2D eigenvalue weighted by atomic mass is 9.84. The summed E-state index contributed by atoms with van der Waals surface area (Å²) in [5.41, 5.74) is 1.47. The second-order valence-corrected chi connectivity index (χ2v) is 7.69. The molecule has 0 aliphatic carbocycles. The lowest BCUT2D eigenvalue weighted by Gasteiger charge is -2.45. The van der Waals surface area contributed by atoms with E-state index in [-0.39, 0.29) is 5.41 Å². The van der Waals surface area contributed by atoms with Gasteiger partial charge in [-0.25, -0.2) is 0 Å². The summed E-state index contributed by atoms with van der Waals surface area (Å²) in [6.07, 6.45) is 0. The van der Waals surface area contributed by atoms with Crippen LogP contribution < -0.4 is 10.2 Å². The molecular formula is C15H22BrClN2. The molecule has 0 aromatic heterocycles. The average Bonchev–Trinajstić information content (AvgIpc) is 2.32. The van der Waals surface area contributed by atoms with Crippen molar-refractivity contribution in [2.24, 2.45) is 5.41 Å². The molecule has 106 valence electrons. The fourth-order valence-corrected chi connectivity index (χ4v) is 2.89. The lowest BCUT2D eigenvalue weighted by Crippen LogP contribution is -2.59. The minimum absolute atomic E-state index is 0.261. The summed E-state index contributed by atoms with van der Waals surface area (Å²) in [6, 6.07) is 7.19. The second-order valence-electron chi connectivity index (χ2n) is 6.43. The monoisotopic (exact) mass is 344 g/mol. The molecule has 19 heavy (non-hydrogen) atoms. The fourth-order valence-electron chi connectivity index (χ4n) is 2.47. The maximum Gasteiger partial charge on any atom is 0.0568 e. The van der Waals surface area contributed by atoms with Crippen molar-refractivity contribution < 1.29 is 0 Å². The number of hydrogen-bond acceptors (Lipinski definition) is 2. The van der Waals surface area contributed by atoms with Crippen molar-refractivity contribution >= 4 is 33.2 Å². The molecule has 1 saturated heterocycles. The van der Waals surface area contributed by atoms with E-state index in [1.54, 1.807) is 0 Å². The number of benzene rings is 1. The van der Waals surface area contributed by atoms with Gasteiger partial charge < -0.3 is 10.2 Å². The molecule has 2 atom stereocenters. The van der Waals surface area contributed by atoms with Crippen LogP contribution in [-0.2, 0) is 0 Å². The first kappa shape index (κ1) is 15.1. The third-order valence-electron chi connectivity index (χ3n) is 3.85. The molecule has 1 aliphatic rings. The Hall–Kier alpha value is -0.250. The Balaban J connectivity index is 2.23. The van der Waals surface area contributed by atoms with Gasteiger partial charge in [0.05, 0.1) is 5.02 Å². The number of nitrogens with zero attached hydrogens (tertiary/aromatic N) is 1.